The minimum absolute atomic E-state index is 0.0321. The number of aromatic carboxylic acids is 1. The number of pyridine rings is 1. The molecule has 0 spiro atoms. The quantitative estimate of drug-likeness (QED) is 0.902. The van der Waals surface area contributed by atoms with Gasteiger partial charge in [-0.2, -0.15) is 0 Å². The second-order valence-corrected chi connectivity index (χ2v) is 4.83. The first-order valence-electron chi connectivity index (χ1n) is 5.40. The average Bonchev–Trinajstić information content (AvgIpc) is 2.36. The van der Waals surface area contributed by atoms with Crippen molar-refractivity contribution in [3.63, 3.8) is 0 Å². The molecule has 0 aliphatic heterocycles. The van der Waals surface area contributed by atoms with Gasteiger partial charge < -0.3 is 10.4 Å². The van der Waals surface area contributed by atoms with Gasteiger partial charge in [-0.3, -0.25) is 0 Å². The number of carboxylic acids is 1. The molecule has 4 nitrogen and oxygen atoms in total. The first-order valence-corrected chi connectivity index (χ1v) is 6.19. The van der Waals surface area contributed by atoms with Crippen molar-refractivity contribution in [2.24, 2.45) is 0 Å². The van der Waals surface area contributed by atoms with Crippen molar-refractivity contribution in [1.29, 1.82) is 0 Å². The van der Waals surface area contributed by atoms with Gasteiger partial charge in [0.25, 0.3) is 0 Å². The molecule has 0 aliphatic carbocycles. The summed E-state index contributed by atoms with van der Waals surface area (Å²) in [5.41, 5.74) is 0.631. The molecule has 0 amide bonds. The molecule has 6 heteroatoms. The fourth-order valence-corrected chi connectivity index (χ4v) is 1.90. The Morgan fingerprint density at radius 3 is 2.89 bits per heavy atom. The van der Waals surface area contributed by atoms with Gasteiger partial charge in [0.15, 0.2) is 0 Å². The van der Waals surface area contributed by atoms with Gasteiger partial charge in [-0.1, -0.05) is 12.1 Å². The number of carboxylic acid groups (broad SMARTS) is 1. The third kappa shape index (κ3) is 2.90. The Bertz CT molecular complexity index is 647. The van der Waals surface area contributed by atoms with Crippen molar-refractivity contribution in [1.82, 2.24) is 4.98 Å². The molecule has 2 aromatic rings. The van der Waals surface area contributed by atoms with Crippen LogP contribution in [0.3, 0.4) is 0 Å². The molecule has 1 aromatic heterocycles. The van der Waals surface area contributed by atoms with Crippen molar-refractivity contribution in [3.05, 3.63) is 51.9 Å². The van der Waals surface area contributed by atoms with Gasteiger partial charge in [0.1, 0.15) is 17.2 Å². The van der Waals surface area contributed by atoms with E-state index in [1.54, 1.807) is 19.1 Å². The number of halogens is 2. The van der Waals surface area contributed by atoms with Crippen LogP contribution in [0.25, 0.3) is 0 Å². The molecule has 2 rings (SSSR count). The van der Waals surface area contributed by atoms with E-state index in [0.29, 0.717) is 10.0 Å². The van der Waals surface area contributed by atoms with Gasteiger partial charge in [-0.15, -0.1) is 0 Å². The highest BCUT2D eigenvalue weighted by atomic mass is 79.9. The number of anilines is 2. The molecular weight excluding hydrogens is 315 g/mol. The minimum atomic E-state index is -1.13. The number of aryl methyl sites for hydroxylation is 1. The number of hydrogen-bond acceptors (Lipinski definition) is 3. The van der Waals surface area contributed by atoms with Crippen molar-refractivity contribution >= 4 is 33.4 Å². The van der Waals surface area contributed by atoms with Crippen LogP contribution in [0.15, 0.2) is 34.9 Å². The molecule has 2 N–H and O–H groups in total. The Hall–Kier alpha value is -1.95. The average molecular weight is 325 g/mol. The lowest BCUT2D eigenvalue weighted by Gasteiger charge is -2.10. The van der Waals surface area contributed by atoms with Crippen molar-refractivity contribution in [2.75, 3.05) is 5.32 Å². The zero-order valence-corrected chi connectivity index (χ0v) is 11.5. The Labute approximate surface area is 117 Å². The Balaban J connectivity index is 2.44. The minimum Gasteiger partial charge on any atom is -0.478 e. The second-order valence-electron chi connectivity index (χ2n) is 3.92. The molecule has 0 atom stereocenters. The summed E-state index contributed by atoms with van der Waals surface area (Å²) < 4.78 is 14.4. The van der Waals surface area contributed by atoms with E-state index in [1.807, 2.05) is 0 Å². The summed E-state index contributed by atoms with van der Waals surface area (Å²) in [6, 6.07) is 6.25. The summed E-state index contributed by atoms with van der Waals surface area (Å²) in [5.74, 6) is -1.46. The van der Waals surface area contributed by atoms with Gasteiger partial charge in [-0.25, -0.2) is 14.2 Å². The van der Waals surface area contributed by atoms with Crippen molar-refractivity contribution in [3.8, 4) is 0 Å². The molecule has 98 valence electrons. The number of hydrogen-bond donors (Lipinski definition) is 2. The van der Waals surface area contributed by atoms with Crippen LogP contribution >= 0.6 is 15.9 Å². The van der Waals surface area contributed by atoms with E-state index in [2.05, 4.69) is 26.2 Å². The summed E-state index contributed by atoms with van der Waals surface area (Å²) in [7, 11) is 0. The molecule has 1 heterocycles. The number of benzene rings is 1. The predicted octanol–water partition coefficient (Wildman–Crippen LogP) is 3.73. The smallest absolute Gasteiger partial charge is 0.339 e. The number of rotatable bonds is 3. The van der Waals surface area contributed by atoms with Crippen LogP contribution in [0.4, 0.5) is 15.9 Å². The van der Waals surface area contributed by atoms with Crippen LogP contribution in [0.2, 0.25) is 0 Å². The highest BCUT2D eigenvalue weighted by Gasteiger charge is 2.14. The SMILES string of the molecule is Cc1cccc(Nc2ncc(Br)cc2C(=O)O)c1F. The molecule has 0 fully saturated rings. The van der Waals surface area contributed by atoms with E-state index in [4.69, 9.17) is 5.11 Å². The third-order valence-electron chi connectivity index (χ3n) is 2.53. The van der Waals surface area contributed by atoms with E-state index in [0.717, 1.165) is 0 Å². The number of nitrogens with zero attached hydrogens (tertiary/aromatic N) is 1. The van der Waals surface area contributed by atoms with Gasteiger partial charge in [-0.05, 0) is 40.5 Å². The van der Waals surface area contributed by atoms with Crippen LogP contribution < -0.4 is 5.32 Å². The van der Waals surface area contributed by atoms with E-state index >= 15 is 0 Å². The summed E-state index contributed by atoms with van der Waals surface area (Å²) >= 11 is 3.15. The molecule has 0 radical (unpaired) electrons. The highest BCUT2D eigenvalue weighted by molar-refractivity contribution is 9.10. The maximum atomic E-state index is 13.9. The maximum Gasteiger partial charge on any atom is 0.339 e. The van der Waals surface area contributed by atoms with Crippen LogP contribution in [0.1, 0.15) is 15.9 Å². The summed E-state index contributed by atoms with van der Waals surface area (Å²) in [6.45, 7) is 1.63. The van der Waals surface area contributed by atoms with E-state index in [1.165, 1.54) is 18.3 Å². The van der Waals surface area contributed by atoms with Gasteiger partial charge in [0.05, 0.1) is 5.69 Å². The van der Waals surface area contributed by atoms with Crippen molar-refractivity contribution < 1.29 is 14.3 Å². The predicted molar refractivity (Wildman–Crippen MR) is 73.3 cm³/mol. The standard InChI is InChI=1S/C13H10BrFN2O2/c1-7-3-2-4-10(11(7)15)17-12-9(13(18)19)5-8(14)6-16-12/h2-6H,1H3,(H,16,17)(H,18,19). The first kappa shape index (κ1) is 13.5. The molecule has 1 aromatic carbocycles. The largest absolute Gasteiger partial charge is 0.478 e. The number of carbonyl (C=O) groups is 1. The molecule has 0 bridgehead atoms. The molecule has 0 unspecified atom stereocenters. The zero-order chi connectivity index (χ0) is 14.0. The van der Waals surface area contributed by atoms with Crippen molar-refractivity contribution in [2.45, 2.75) is 6.92 Å². The fourth-order valence-electron chi connectivity index (χ4n) is 1.57. The summed E-state index contributed by atoms with van der Waals surface area (Å²) in [4.78, 5) is 15.1. The summed E-state index contributed by atoms with van der Waals surface area (Å²) in [5, 5.41) is 11.8. The lowest BCUT2D eigenvalue weighted by atomic mass is 10.2. The van der Waals surface area contributed by atoms with Gasteiger partial charge in [0.2, 0.25) is 0 Å². The molecule has 0 aliphatic rings. The molecular formula is C13H10BrFN2O2. The zero-order valence-electron chi connectivity index (χ0n) is 9.95. The highest BCUT2D eigenvalue weighted by Crippen LogP contribution is 2.24. The third-order valence-corrected chi connectivity index (χ3v) is 2.96. The molecule has 19 heavy (non-hydrogen) atoms. The lowest BCUT2D eigenvalue weighted by Crippen LogP contribution is -2.06. The summed E-state index contributed by atoms with van der Waals surface area (Å²) in [6.07, 6.45) is 1.45. The van der Waals surface area contributed by atoms with Crippen LogP contribution in [0.5, 0.6) is 0 Å². The van der Waals surface area contributed by atoms with E-state index in [9.17, 15) is 9.18 Å². The Kier molecular flexibility index (Phi) is 3.80. The topological polar surface area (TPSA) is 62.2 Å². The monoisotopic (exact) mass is 324 g/mol. The molecule has 0 saturated carbocycles. The van der Waals surface area contributed by atoms with Crippen LogP contribution in [0, 0.1) is 12.7 Å². The van der Waals surface area contributed by atoms with Gasteiger partial charge >= 0.3 is 5.97 Å². The lowest BCUT2D eigenvalue weighted by molar-refractivity contribution is 0.0697. The van der Waals surface area contributed by atoms with E-state index in [-0.39, 0.29) is 17.1 Å². The fraction of sp³-hybridized carbons (Fsp3) is 0.0769. The molecule has 0 saturated heterocycles. The van der Waals surface area contributed by atoms with Crippen LogP contribution in [-0.4, -0.2) is 16.1 Å². The maximum absolute atomic E-state index is 13.9. The normalized spacial score (nSPS) is 10.3. The second kappa shape index (κ2) is 5.36. The van der Waals surface area contributed by atoms with E-state index < -0.39 is 11.8 Å². The number of aromatic nitrogens is 1. The Morgan fingerprint density at radius 2 is 2.21 bits per heavy atom. The number of nitrogens with one attached hydrogen (secondary N) is 1. The van der Waals surface area contributed by atoms with Crippen LogP contribution in [-0.2, 0) is 0 Å². The Morgan fingerprint density at radius 1 is 1.47 bits per heavy atom. The first-order chi connectivity index (χ1) is 8.99. The van der Waals surface area contributed by atoms with Gasteiger partial charge in [0, 0.05) is 10.7 Å².